The number of aromatic nitrogens is 5. The molecule has 124 valence electrons. The van der Waals surface area contributed by atoms with Gasteiger partial charge in [0.2, 0.25) is 0 Å². The number of H-pyrrole nitrogens is 3. The van der Waals surface area contributed by atoms with Gasteiger partial charge in [-0.25, -0.2) is 18.7 Å². The van der Waals surface area contributed by atoms with Gasteiger partial charge in [0.25, 0.3) is 5.91 Å². The molecule has 0 fully saturated rings. The van der Waals surface area contributed by atoms with Crippen molar-refractivity contribution in [2.75, 3.05) is 5.32 Å². The Morgan fingerprint density at radius 1 is 1.20 bits per heavy atom. The highest BCUT2D eigenvalue weighted by molar-refractivity contribution is 6.06. The second-order valence-electron chi connectivity index (χ2n) is 5.24. The SMILES string of the molecule is O=C(Nc1cn[nH]c1-c1nc2cc[nH+]cc2[nH]1)c1c(F)cccc1F. The fraction of sp³-hybridized carbons (Fsp3) is 0. The summed E-state index contributed by atoms with van der Waals surface area (Å²) in [4.78, 5) is 22.6. The Balaban J connectivity index is 1.69. The molecule has 4 aromatic rings. The van der Waals surface area contributed by atoms with E-state index in [1.165, 1.54) is 12.3 Å². The van der Waals surface area contributed by atoms with E-state index < -0.39 is 23.1 Å². The van der Waals surface area contributed by atoms with E-state index in [-0.39, 0.29) is 5.69 Å². The average molecular weight is 341 g/mol. The molecule has 0 atom stereocenters. The highest BCUT2D eigenvalue weighted by Gasteiger charge is 2.20. The first kappa shape index (κ1) is 14.9. The number of nitrogens with one attached hydrogen (secondary N) is 4. The van der Waals surface area contributed by atoms with Crippen molar-refractivity contribution < 1.29 is 18.6 Å². The summed E-state index contributed by atoms with van der Waals surface area (Å²) < 4.78 is 27.5. The predicted molar refractivity (Wildman–Crippen MR) is 84.5 cm³/mol. The number of carbonyl (C=O) groups is 1. The predicted octanol–water partition coefficient (Wildman–Crippen LogP) is 2.30. The average Bonchev–Trinajstić information content (AvgIpc) is 3.20. The summed E-state index contributed by atoms with van der Waals surface area (Å²) in [5.74, 6) is -2.37. The van der Waals surface area contributed by atoms with Crippen LogP contribution in [0.25, 0.3) is 22.6 Å². The third kappa shape index (κ3) is 2.61. The number of carbonyl (C=O) groups excluding carboxylic acids is 1. The molecule has 25 heavy (non-hydrogen) atoms. The molecule has 0 aliphatic heterocycles. The van der Waals surface area contributed by atoms with E-state index in [1.54, 1.807) is 18.5 Å². The summed E-state index contributed by atoms with van der Waals surface area (Å²) in [5.41, 5.74) is 1.44. The van der Waals surface area contributed by atoms with Gasteiger partial charge in [-0.05, 0) is 12.1 Å². The second-order valence-corrected chi connectivity index (χ2v) is 5.24. The molecule has 9 heteroatoms. The minimum Gasteiger partial charge on any atom is -0.332 e. The number of nitrogens with zero attached hydrogens (tertiary/aromatic N) is 2. The highest BCUT2D eigenvalue weighted by Crippen LogP contribution is 2.25. The third-order valence-electron chi connectivity index (χ3n) is 3.64. The zero-order valence-corrected chi connectivity index (χ0v) is 12.6. The summed E-state index contributed by atoms with van der Waals surface area (Å²) in [6, 6.07) is 5.00. The van der Waals surface area contributed by atoms with Gasteiger partial charge in [-0.2, -0.15) is 5.10 Å². The van der Waals surface area contributed by atoms with Crippen molar-refractivity contribution in [1.82, 2.24) is 20.2 Å². The van der Waals surface area contributed by atoms with Crippen molar-refractivity contribution in [1.29, 1.82) is 0 Å². The molecule has 7 nitrogen and oxygen atoms in total. The van der Waals surface area contributed by atoms with Crippen LogP contribution in [0.3, 0.4) is 0 Å². The van der Waals surface area contributed by atoms with Crippen LogP contribution in [0.2, 0.25) is 0 Å². The molecule has 4 N–H and O–H groups in total. The first-order valence-corrected chi connectivity index (χ1v) is 7.28. The summed E-state index contributed by atoms with van der Waals surface area (Å²) in [6.07, 6.45) is 4.80. The number of amides is 1. The van der Waals surface area contributed by atoms with Crippen LogP contribution in [0.1, 0.15) is 10.4 Å². The van der Waals surface area contributed by atoms with E-state index in [0.717, 1.165) is 17.6 Å². The Kier molecular flexibility index (Phi) is 3.46. The maximum atomic E-state index is 13.7. The fourth-order valence-corrected chi connectivity index (χ4v) is 2.48. The molecule has 1 aromatic carbocycles. The van der Waals surface area contributed by atoms with Crippen LogP contribution in [0.5, 0.6) is 0 Å². The van der Waals surface area contributed by atoms with Gasteiger partial charge < -0.3 is 10.3 Å². The molecule has 0 aliphatic rings. The molecule has 3 heterocycles. The number of hydrogen-bond donors (Lipinski definition) is 3. The number of hydrogen-bond acceptors (Lipinski definition) is 3. The topological polar surface area (TPSA) is 101 Å². The Morgan fingerprint density at radius 2 is 2.00 bits per heavy atom. The van der Waals surface area contributed by atoms with Crippen LogP contribution >= 0.6 is 0 Å². The normalized spacial score (nSPS) is 11.0. The van der Waals surface area contributed by atoms with Crippen LogP contribution in [0.4, 0.5) is 14.5 Å². The van der Waals surface area contributed by atoms with Gasteiger partial charge in [0.15, 0.2) is 18.2 Å². The molecule has 0 saturated heterocycles. The first-order chi connectivity index (χ1) is 12.1. The molecule has 1 amide bonds. The summed E-state index contributed by atoms with van der Waals surface area (Å²) >= 11 is 0. The van der Waals surface area contributed by atoms with Gasteiger partial charge in [-0.1, -0.05) is 6.07 Å². The minimum atomic E-state index is -0.943. The highest BCUT2D eigenvalue weighted by atomic mass is 19.1. The van der Waals surface area contributed by atoms with Crippen molar-refractivity contribution in [2.45, 2.75) is 0 Å². The van der Waals surface area contributed by atoms with Crippen LogP contribution < -0.4 is 10.3 Å². The number of fused-ring (bicyclic) bond motifs is 1. The van der Waals surface area contributed by atoms with E-state index in [2.05, 4.69) is 30.5 Å². The fourth-order valence-electron chi connectivity index (χ4n) is 2.48. The number of aromatic amines is 3. The number of imidazole rings is 1. The lowest BCUT2D eigenvalue weighted by atomic mass is 10.2. The summed E-state index contributed by atoms with van der Waals surface area (Å²) in [5, 5.41) is 9.03. The van der Waals surface area contributed by atoms with Gasteiger partial charge >= 0.3 is 0 Å². The van der Waals surface area contributed by atoms with Crippen molar-refractivity contribution in [3.05, 3.63) is 60.1 Å². The molecule has 0 bridgehead atoms. The van der Waals surface area contributed by atoms with Crippen LogP contribution in [-0.2, 0) is 0 Å². The van der Waals surface area contributed by atoms with Gasteiger partial charge in [0.1, 0.15) is 33.9 Å². The zero-order chi connectivity index (χ0) is 17.4. The number of halogens is 2. The molecular weight excluding hydrogens is 330 g/mol. The van der Waals surface area contributed by atoms with Crippen molar-refractivity contribution in [2.24, 2.45) is 0 Å². The van der Waals surface area contributed by atoms with Gasteiger partial charge in [-0.3, -0.25) is 9.89 Å². The molecule has 0 unspecified atom stereocenters. The molecular formula is C16H11F2N6O+. The maximum absolute atomic E-state index is 13.7. The Hall–Kier alpha value is -3.62. The Morgan fingerprint density at radius 3 is 2.76 bits per heavy atom. The number of pyridine rings is 1. The van der Waals surface area contributed by atoms with E-state index >= 15 is 0 Å². The second kappa shape index (κ2) is 5.78. The largest absolute Gasteiger partial charge is 0.332 e. The third-order valence-corrected chi connectivity index (χ3v) is 3.64. The molecule has 0 spiro atoms. The van der Waals surface area contributed by atoms with E-state index in [1.807, 2.05) is 0 Å². The molecule has 0 aliphatic carbocycles. The maximum Gasteiger partial charge on any atom is 0.261 e. The monoisotopic (exact) mass is 341 g/mol. The van der Waals surface area contributed by atoms with Crippen molar-refractivity contribution >= 4 is 22.6 Å². The van der Waals surface area contributed by atoms with Gasteiger partial charge in [-0.15, -0.1) is 0 Å². The Bertz CT molecular complexity index is 1030. The molecule has 3 aromatic heterocycles. The molecule has 4 rings (SSSR count). The lowest BCUT2D eigenvalue weighted by molar-refractivity contribution is -0.376. The smallest absolute Gasteiger partial charge is 0.261 e. The van der Waals surface area contributed by atoms with E-state index in [0.29, 0.717) is 17.0 Å². The standard InChI is InChI=1S/C16H10F2N6O/c17-8-2-1-3-9(18)13(8)16(25)23-12-7-20-24-14(12)15-21-10-4-5-19-6-11(10)22-15/h1-7H,(H,20,24)(H,21,22)(H,23,25)/p+1. The number of benzene rings is 1. The quantitative estimate of drug-likeness (QED) is 0.533. The van der Waals surface area contributed by atoms with Gasteiger partial charge in [0, 0.05) is 6.07 Å². The van der Waals surface area contributed by atoms with Crippen LogP contribution in [0, 0.1) is 11.6 Å². The van der Waals surface area contributed by atoms with E-state index in [4.69, 9.17) is 0 Å². The van der Waals surface area contributed by atoms with Crippen LogP contribution in [-0.4, -0.2) is 26.1 Å². The minimum absolute atomic E-state index is 0.246. The van der Waals surface area contributed by atoms with Gasteiger partial charge in [0.05, 0.1) is 11.9 Å². The van der Waals surface area contributed by atoms with Crippen LogP contribution in [0.15, 0.2) is 42.9 Å². The van der Waals surface area contributed by atoms with Crippen molar-refractivity contribution in [3.8, 4) is 11.5 Å². The molecule has 0 saturated carbocycles. The Labute approximate surface area is 139 Å². The lowest BCUT2D eigenvalue weighted by Gasteiger charge is -2.06. The summed E-state index contributed by atoms with van der Waals surface area (Å²) in [6.45, 7) is 0. The number of anilines is 1. The zero-order valence-electron chi connectivity index (χ0n) is 12.6. The van der Waals surface area contributed by atoms with E-state index in [9.17, 15) is 13.6 Å². The number of rotatable bonds is 3. The molecule has 0 radical (unpaired) electrons. The summed E-state index contributed by atoms with van der Waals surface area (Å²) in [7, 11) is 0. The van der Waals surface area contributed by atoms with Crippen molar-refractivity contribution in [3.63, 3.8) is 0 Å². The first-order valence-electron chi connectivity index (χ1n) is 7.28. The lowest BCUT2D eigenvalue weighted by Crippen LogP contribution is -2.16.